The molecule has 0 saturated heterocycles. The van der Waals surface area contributed by atoms with Crippen LogP contribution in [0.4, 0.5) is 4.39 Å². The maximum absolute atomic E-state index is 14.2. The number of carbonyl (C=O) groups is 2. The minimum absolute atomic E-state index is 0.121. The van der Waals surface area contributed by atoms with Crippen molar-refractivity contribution in [3.63, 3.8) is 0 Å². The van der Waals surface area contributed by atoms with E-state index in [4.69, 9.17) is 9.47 Å². The van der Waals surface area contributed by atoms with Gasteiger partial charge in [0.2, 0.25) is 0 Å². The molecule has 6 heteroatoms. The Kier molecular flexibility index (Phi) is 7.51. The van der Waals surface area contributed by atoms with Gasteiger partial charge < -0.3 is 14.8 Å². The quantitative estimate of drug-likeness (QED) is 0.568. The zero-order valence-corrected chi connectivity index (χ0v) is 19.6. The van der Waals surface area contributed by atoms with E-state index in [9.17, 15) is 14.0 Å². The van der Waals surface area contributed by atoms with Gasteiger partial charge in [-0.2, -0.15) is 0 Å². The number of hydrogen-bond acceptors (Lipinski definition) is 5. The maximum Gasteiger partial charge on any atom is 0.337 e. The van der Waals surface area contributed by atoms with E-state index in [-0.39, 0.29) is 12.2 Å². The molecule has 1 aromatic carbocycles. The summed E-state index contributed by atoms with van der Waals surface area (Å²) in [5.74, 6) is -2.05. The molecule has 2 fully saturated rings. The largest absolute Gasteiger partial charge is 0.459 e. The van der Waals surface area contributed by atoms with E-state index in [1.54, 1.807) is 26.0 Å². The zero-order chi connectivity index (χ0) is 23.4. The molecule has 0 spiro atoms. The van der Waals surface area contributed by atoms with Crippen molar-refractivity contribution in [2.45, 2.75) is 96.2 Å². The normalized spacial score (nSPS) is 21.1. The molecule has 178 valence electrons. The molecular formula is C27H34FNO4. The molecule has 1 aliphatic heterocycles. The molecule has 0 atom stereocenters. The van der Waals surface area contributed by atoms with Gasteiger partial charge in [-0.1, -0.05) is 25.0 Å². The standard InChI is InChI=1S/C27H34FNO4/c1-17-23(26(30)32-21-12-5-3-6-13-21)25(19-10-9-11-20(28)16-19)24(18(2)29-17)27(31)33-22-14-7-4-8-15-22/h9-11,16,21-22,25,29H,3-8,12-15H2,1-2H3. The Labute approximate surface area is 195 Å². The summed E-state index contributed by atoms with van der Waals surface area (Å²) in [4.78, 5) is 26.8. The van der Waals surface area contributed by atoms with Crippen molar-refractivity contribution in [2.75, 3.05) is 0 Å². The van der Waals surface area contributed by atoms with Gasteiger partial charge in [-0.15, -0.1) is 0 Å². The van der Waals surface area contributed by atoms with Gasteiger partial charge in [0.05, 0.1) is 17.1 Å². The first kappa shape index (κ1) is 23.5. The van der Waals surface area contributed by atoms with Crippen LogP contribution in [-0.4, -0.2) is 24.1 Å². The fourth-order valence-corrected chi connectivity index (χ4v) is 5.35. The van der Waals surface area contributed by atoms with Crippen LogP contribution in [0.15, 0.2) is 46.8 Å². The number of hydrogen-bond donors (Lipinski definition) is 1. The van der Waals surface area contributed by atoms with Crippen molar-refractivity contribution in [2.24, 2.45) is 0 Å². The summed E-state index contributed by atoms with van der Waals surface area (Å²) < 4.78 is 26.0. The predicted molar refractivity (Wildman–Crippen MR) is 124 cm³/mol. The number of dihydropyridines is 1. The molecular weight excluding hydrogens is 421 g/mol. The van der Waals surface area contributed by atoms with Gasteiger partial charge >= 0.3 is 11.9 Å². The molecule has 4 rings (SSSR count). The molecule has 0 radical (unpaired) electrons. The van der Waals surface area contributed by atoms with Crippen molar-refractivity contribution >= 4 is 11.9 Å². The highest BCUT2D eigenvalue weighted by Crippen LogP contribution is 2.40. The van der Waals surface area contributed by atoms with Crippen LogP contribution in [0.1, 0.15) is 89.5 Å². The molecule has 1 aromatic rings. The Bertz CT molecular complexity index is 901. The lowest BCUT2D eigenvalue weighted by atomic mass is 9.80. The van der Waals surface area contributed by atoms with Gasteiger partial charge in [0.1, 0.15) is 18.0 Å². The van der Waals surface area contributed by atoms with Gasteiger partial charge in [0.15, 0.2) is 0 Å². The minimum Gasteiger partial charge on any atom is -0.459 e. The summed E-state index contributed by atoms with van der Waals surface area (Å²) in [6.07, 6.45) is 9.63. The Morgan fingerprint density at radius 1 is 0.818 bits per heavy atom. The van der Waals surface area contributed by atoms with E-state index in [0.717, 1.165) is 64.2 Å². The highest BCUT2D eigenvalue weighted by Gasteiger charge is 2.39. The van der Waals surface area contributed by atoms with Gasteiger partial charge in [-0.25, -0.2) is 14.0 Å². The molecule has 1 heterocycles. The first-order chi connectivity index (χ1) is 15.9. The smallest absolute Gasteiger partial charge is 0.337 e. The lowest BCUT2D eigenvalue weighted by Crippen LogP contribution is -2.35. The lowest BCUT2D eigenvalue weighted by molar-refractivity contribution is -0.146. The predicted octanol–water partition coefficient (Wildman–Crippen LogP) is 5.81. The monoisotopic (exact) mass is 455 g/mol. The van der Waals surface area contributed by atoms with E-state index in [1.165, 1.54) is 12.1 Å². The molecule has 1 N–H and O–H groups in total. The van der Waals surface area contributed by atoms with Crippen molar-refractivity contribution in [3.05, 3.63) is 58.2 Å². The maximum atomic E-state index is 14.2. The number of rotatable bonds is 5. The highest BCUT2D eigenvalue weighted by molar-refractivity contribution is 6.00. The van der Waals surface area contributed by atoms with Gasteiger partial charge in [-0.3, -0.25) is 0 Å². The number of esters is 2. The Morgan fingerprint density at radius 2 is 1.30 bits per heavy atom. The number of nitrogens with one attached hydrogen (secondary N) is 1. The van der Waals surface area contributed by atoms with E-state index in [0.29, 0.717) is 28.1 Å². The van der Waals surface area contributed by atoms with Crippen LogP contribution in [0.3, 0.4) is 0 Å². The molecule has 5 nitrogen and oxygen atoms in total. The number of allylic oxidation sites excluding steroid dienone is 2. The molecule has 0 unspecified atom stereocenters. The van der Waals surface area contributed by atoms with Crippen LogP contribution in [-0.2, 0) is 19.1 Å². The number of ether oxygens (including phenoxy) is 2. The van der Waals surface area contributed by atoms with Crippen LogP contribution in [0, 0.1) is 5.82 Å². The van der Waals surface area contributed by atoms with Crippen molar-refractivity contribution < 1.29 is 23.5 Å². The van der Waals surface area contributed by atoms with Crippen molar-refractivity contribution in [1.29, 1.82) is 0 Å². The summed E-state index contributed by atoms with van der Waals surface area (Å²) in [7, 11) is 0. The summed E-state index contributed by atoms with van der Waals surface area (Å²) in [5.41, 5.74) is 2.50. The molecule has 2 saturated carbocycles. The number of halogens is 1. The minimum atomic E-state index is -0.742. The molecule has 3 aliphatic rings. The third-order valence-corrected chi connectivity index (χ3v) is 7.03. The van der Waals surface area contributed by atoms with E-state index in [2.05, 4.69) is 5.32 Å². The molecule has 0 bridgehead atoms. The van der Waals surface area contributed by atoms with Crippen LogP contribution >= 0.6 is 0 Å². The summed E-state index contributed by atoms with van der Waals surface area (Å²) in [6, 6.07) is 6.10. The molecule has 0 aromatic heterocycles. The average Bonchev–Trinajstić information content (AvgIpc) is 2.79. The summed E-state index contributed by atoms with van der Waals surface area (Å²) >= 11 is 0. The number of benzene rings is 1. The fraction of sp³-hybridized carbons (Fsp3) is 0.556. The van der Waals surface area contributed by atoms with Crippen molar-refractivity contribution in [1.82, 2.24) is 5.32 Å². The Hall–Kier alpha value is -2.63. The lowest BCUT2D eigenvalue weighted by Gasteiger charge is -2.33. The Morgan fingerprint density at radius 3 is 1.76 bits per heavy atom. The van der Waals surface area contributed by atoms with E-state index in [1.807, 2.05) is 0 Å². The second-order valence-corrected chi connectivity index (χ2v) is 9.52. The van der Waals surface area contributed by atoms with Crippen LogP contribution in [0.2, 0.25) is 0 Å². The first-order valence-electron chi connectivity index (χ1n) is 12.3. The zero-order valence-electron chi connectivity index (χ0n) is 19.6. The fourth-order valence-electron chi connectivity index (χ4n) is 5.35. The van der Waals surface area contributed by atoms with Gasteiger partial charge in [-0.05, 0) is 82.9 Å². The third-order valence-electron chi connectivity index (χ3n) is 7.03. The van der Waals surface area contributed by atoms with Crippen LogP contribution in [0.5, 0.6) is 0 Å². The van der Waals surface area contributed by atoms with E-state index < -0.39 is 23.7 Å². The SMILES string of the molecule is CC1=C(C(=O)OC2CCCCC2)C(c2cccc(F)c2)C(C(=O)OC2CCCCC2)=C(C)N1. The average molecular weight is 456 g/mol. The number of carbonyl (C=O) groups excluding carboxylic acids is 2. The topological polar surface area (TPSA) is 64.6 Å². The second-order valence-electron chi connectivity index (χ2n) is 9.52. The molecule has 33 heavy (non-hydrogen) atoms. The van der Waals surface area contributed by atoms with Crippen LogP contribution in [0.25, 0.3) is 0 Å². The van der Waals surface area contributed by atoms with Gasteiger partial charge in [0, 0.05) is 11.4 Å². The molecule has 2 aliphatic carbocycles. The second kappa shape index (κ2) is 10.5. The Balaban J connectivity index is 1.67. The van der Waals surface area contributed by atoms with Crippen molar-refractivity contribution in [3.8, 4) is 0 Å². The highest BCUT2D eigenvalue weighted by atomic mass is 19.1. The molecule has 0 amide bonds. The van der Waals surface area contributed by atoms with Gasteiger partial charge in [0.25, 0.3) is 0 Å². The summed E-state index contributed by atoms with van der Waals surface area (Å²) in [5, 5.41) is 3.19. The van der Waals surface area contributed by atoms with E-state index >= 15 is 0 Å². The van der Waals surface area contributed by atoms with Crippen LogP contribution < -0.4 is 5.32 Å². The summed E-state index contributed by atoms with van der Waals surface area (Å²) in [6.45, 7) is 3.60. The first-order valence-corrected chi connectivity index (χ1v) is 12.3. The third kappa shape index (κ3) is 5.48.